The average molecular weight is 506 g/mol. The molecular weight excluding hydrogens is 481 g/mol. The Morgan fingerprint density at radius 1 is 0.971 bits per heavy atom. The number of rotatable bonds is 5. The molecule has 4 heterocycles. The number of amides is 1. The van der Waals surface area contributed by atoms with Crippen LogP contribution in [0.4, 0.5) is 0 Å². The van der Waals surface area contributed by atoms with Crippen LogP contribution in [0.5, 0.6) is 0 Å². The molecule has 0 spiro atoms. The van der Waals surface area contributed by atoms with Crippen molar-refractivity contribution in [3.63, 3.8) is 0 Å². The molecule has 2 fully saturated rings. The van der Waals surface area contributed by atoms with E-state index in [4.69, 9.17) is 28.2 Å². The fourth-order valence-electron chi connectivity index (χ4n) is 5.56. The Labute approximate surface area is 214 Å². The first kappa shape index (κ1) is 22.5. The molecule has 2 aromatic heterocycles. The van der Waals surface area contributed by atoms with Gasteiger partial charge in [0, 0.05) is 59.7 Å². The summed E-state index contributed by atoms with van der Waals surface area (Å²) in [6.45, 7) is 2.43. The Hall–Kier alpha value is -2.93. The predicted molar refractivity (Wildman–Crippen MR) is 138 cm³/mol. The lowest BCUT2D eigenvalue weighted by molar-refractivity contribution is -0.136. The first-order valence-corrected chi connectivity index (χ1v) is 12.7. The van der Waals surface area contributed by atoms with Crippen molar-refractivity contribution in [3.05, 3.63) is 88.3 Å². The second-order valence-corrected chi connectivity index (χ2v) is 10.2. The first-order valence-electron chi connectivity index (χ1n) is 11.9. The molecule has 1 amide bonds. The van der Waals surface area contributed by atoms with Gasteiger partial charge in [-0.05, 0) is 42.7 Å². The molecule has 8 heteroatoms. The molecule has 2 saturated heterocycles. The summed E-state index contributed by atoms with van der Waals surface area (Å²) in [5.41, 5.74) is 3.94. The summed E-state index contributed by atoms with van der Waals surface area (Å²) in [4.78, 5) is 27.1. The Morgan fingerprint density at radius 3 is 2.46 bits per heavy atom. The minimum absolute atomic E-state index is 0.172. The van der Waals surface area contributed by atoms with Crippen LogP contribution in [0.15, 0.2) is 67.0 Å². The minimum Gasteiger partial charge on any atom is -0.334 e. The van der Waals surface area contributed by atoms with Gasteiger partial charge >= 0.3 is 0 Å². The van der Waals surface area contributed by atoms with E-state index in [-0.39, 0.29) is 18.0 Å². The quantitative estimate of drug-likeness (QED) is 0.377. The zero-order chi connectivity index (χ0) is 23.9. The lowest BCUT2D eigenvalue weighted by atomic mass is 10.1. The molecule has 6 nitrogen and oxygen atoms in total. The van der Waals surface area contributed by atoms with Crippen molar-refractivity contribution in [2.75, 3.05) is 13.1 Å². The SMILES string of the molecule is O=C(Cc1ccccc1Cl)N1C2CCC1CN(Cc1c(-c3ccc(Cl)cc3)nc3ncccn13)C2. The molecule has 2 aliphatic rings. The number of benzene rings is 2. The molecule has 0 aliphatic carbocycles. The van der Waals surface area contributed by atoms with Crippen LogP contribution in [0.1, 0.15) is 24.1 Å². The van der Waals surface area contributed by atoms with Crippen LogP contribution in [0.2, 0.25) is 10.0 Å². The van der Waals surface area contributed by atoms with Crippen molar-refractivity contribution in [1.82, 2.24) is 24.2 Å². The van der Waals surface area contributed by atoms with Crippen LogP contribution in [-0.2, 0) is 17.8 Å². The minimum atomic E-state index is 0.172. The second kappa shape index (κ2) is 9.26. The zero-order valence-electron chi connectivity index (χ0n) is 19.1. The molecule has 0 saturated carbocycles. The van der Waals surface area contributed by atoms with Crippen molar-refractivity contribution >= 4 is 34.9 Å². The van der Waals surface area contributed by atoms with Gasteiger partial charge in [-0.25, -0.2) is 9.97 Å². The van der Waals surface area contributed by atoms with Crippen LogP contribution in [0.3, 0.4) is 0 Å². The first-order chi connectivity index (χ1) is 17.1. The molecule has 2 aliphatic heterocycles. The number of hydrogen-bond donors (Lipinski definition) is 0. The number of nitrogens with zero attached hydrogens (tertiary/aromatic N) is 5. The normalized spacial score (nSPS) is 20.0. The number of hydrogen-bond acceptors (Lipinski definition) is 4. The average Bonchev–Trinajstić information content (AvgIpc) is 3.35. The molecule has 0 radical (unpaired) electrons. The Balaban J connectivity index is 1.24. The second-order valence-electron chi connectivity index (χ2n) is 9.35. The highest BCUT2D eigenvalue weighted by Gasteiger charge is 2.42. The van der Waals surface area contributed by atoms with Crippen LogP contribution >= 0.6 is 23.2 Å². The van der Waals surface area contributed by atoms with Gasteiger partial charge in [0.15, 0.2) is 0 Å². The van der Waals surface area contributed by atoms with Gasteiger partial charge in [0.25, 0.3) is 0 Å². The van der Waals surface area contributed by atoms with Crippen molar-refractivity contribution in [2.24, 2.45) is 0 Å². The zero-order valence-corrected chi connectivity index (χ0v) is 20.7. The van der Waals surface area contributed by atoms with E-state index >= 15 is 0 Å². The topological polar surface area (TPSA) is 53.7 Å². The Morgan fingerprint density at radius 2 is 1.71 bits per heavy atom. The summed E-state index contributed by atoms with van der Waals surface area (Å²) >= 11 is 12.4. The van der Waals surface area contributed by atoms with Crippen LogP contribution in [0, 0.1) is 0 Å². The molecule has 6 rings (SSSR count). The highest BCUT2D eigenvalue weighted by molar-refractivity contribution is 6.31. The molecule has 2 bridgehead atoms. The molecule has 0 N–H and O–H groups in total. The maximum Gasteiger partial charge on any atom is 0.234 e. The maximum absolute atomic E-state index is 13.3. The van der Waals surface area contributed by atoms with E-state index in [0.717, 1.165) is 55.0 Å². The molecular formula is C27H25Cl2N5O. The van der Waals surface area contributed by atoms with Gasteiger partial charge in [0.05, 0.1) is 17.8 Å². The van der Waals surface area contributed by atoms with E-state index in [1.165, 1.54) is 0 Å². The van der Waals surface area contributed by atoms with Gasteiger partial charge < -0.3 is 4.90 Å². The summed E-state index contributed by atoms with van der Waals surface area (Å²) < 4.78 is 2.07. The number of imidazole rings is 1. The fourth-order valence-corrected chi connectivity index (χ4v) is 5.89. The van der Waals surface area contributed by atoms with Gasteiger partial charge in [-0.1, -0.05) is 53.5 Å². The summed E-state index contributed by atoms with van der Waals surface area (Å²) in [6.07, 6.45) is 6.21. The third-order valence-electron chi connectivity index (χ3n) is 7.14. The summed E-state index contributed by atoms with van der Waals surface area (Å²) in [5, 5.41) is 1.36. The summed E-state index contributed by atoms with van der Waals surface area (Å²) in [6, 6.07) is 17.8. The number of carbonyl (C=O) groups excluding carboxylic acids is 1. The molecule has 4 aromatic rings. The number of fused-ring (bicyclic) bond motifs is 3. The highest BCUT2D eigenvalue weighted by atomic mass is 35.5. The van der Waals surface area contributed by atoms with E-state index in [9.17, 15) is 4.79 Å². The number of carbonyl (C=O) groups is 1. The summed E-state index contributed by atoms with van der Waals surface area (Å²) in [5.74, 6) is 0.857. The molecule has 2 aromatic carbocycles. The smallest absolute Gasteiger partial charge is 0.234 e. The lowest BCUT2D eigenvalue weighted by Gasteiger charge is -2.41. The number of piperazine rings is 1. The van der Waals surface area contributed by atoms with E-state index in [1.807, 2.05) is 60.8 Å². The van der Waals surface area contributed by atoms with Gasteiger partial charge in [-0.15, -0.1) is 0 Å². The van der Waals surface area contributed by atoms with Crippen LogP contribution in [-0.4, -0.2) is 55.2 Å². The van der Waals surface area contributed by atoms with Crippen molar-refractivity contribution < 1.29 is 4.79 Å². The largest absolute Gasteiger partial charge is 0.334 e. The van der Waals surface area contributed by atoms with Gasteiger partial charge in [0.2, 0.25) is 11.7 Å². The van der Waals surface area contributed by atoms with Crippen molar-refractivity contribution in [3.8, 4) is 11.3 Å². The van der Waals surface area contributed by atoms with E-state index in [2.05, 4.69) is 19.2 Å². The van der Waals surface area contributed by atoms with Crippen LogP contribution in [0.25, 0.3) is 17.0 Å². The lowest BCUT2D eigenvalue weighted by Crippen LogP contribution is -2.55. The van der Waals surface area contributed by atoms with Gasteiger partial charge in [-0.3, -0.25) is 14.1 Å². The summed E-state index contributed by atoms with van der Waals surface area (Å²) in [7, 11) is 0. The van der Waals surface area contributed by atoms with Crippen LogP contribution < -0.4 is 0 Å². The predicted octanol–water partition coefficient (Wildman–Crippen LogP) is 5.12. The van der Waals surface area contributed by atoms with E-state index in [1.54, 1.807) is 6.20 Å². The number of likely N-dealkylation sites (tertiary alicyclic amines) is 1. The molecule has 2 unspecified atom stereocenters. The fraction of sp³-hybridized carbons (Fsp3) is 0.296. The molecule has 35 heavy (non-hydrogen) atoms. The number of halogens is 2. The third kappa shape index (κ3) is 4.31. The number of aromatic nitrogens is 3. The van der Waals surface area contributed by atoms with Gasteiger partial charge in [-0.2, -0.15) is 0 Å². The monoisotopic (exact) mass is 505 g/mol. The highest BCUT2D eigenvalue weighted by Crippen LogP contribution is 2.33. The molecule has 178 valence electrons. The Bertz CT molecular complexity index is 1370. The van der Waals surface area contributed by atoms with E-state index < -0.39 is 0 Å². The Kier molecular flexibility index (Phi) is 5.96. The van der Waals surface area contributed by atoms with Gasteiger partial charge in [0.1, 0.15) is 0 Å². The van der Waals surface area contributed by atoms with E-state index in [0.29, 0.717) is 22.2 Å². The standard InChI is InChI=1S/C27H25Cl2N5O/c28-20-8-6-18(7-9-20)26-24(33-13-3-12-30-27(33)31-26)17-32-15-21-10-11-22(16-32)34(21)25(35)14-19-4-1-2-5-23(19)29/h1-9,12-13,21-22H,10-11,14-17H2. The maximum atomic E-state index is 13.3. The third-order valence-corrected chi connectivity index (χ3v) is 7.76. The van der Waals surface area contributed by atoms with Crippen molar-refractivity contribution in [2.45, 2.75) is 37.9 Å². The molecule has 2 atom stereocenters. The van der Waals surface area contributed by atoms with Crippen molar-refractivity contribution in [1.29, 1.82) is 0 Å².